The third-order valence-corrected chi connectivity index (χ3v) is 2.63. The second kappa shape index (κ2) is 4.71. The molecular weight excluding hydrogens is 200 g/mol. The van der Waals surface area contributed by atoms with Gasteiger partial charge in [0.05, 0.1) is 6.54 Å². The van der Waals surface area contributed by atoms with E-state index in [9.17, 15) is 4.79 Å². The van der Waals surface area contributed by atoms with Crippen LogP contribution in [0.4, 0.5) is 5.69 Å². The predicted molar refractivity (Wildman–Crippen MR) is 63.5 cm³/mol. The fourth-order valence-corrected chi connectivity index (χ4v) is 1.71. The topological polar surface area (TPSA) is 46.3 Å². The van der Waals surface area contributed by atoms with Crippen LogP contribution in [0.25, 0.3) is 0 Å². The summed E-state index contributed by atoms with van der Waals surface area (Å²) in [5.41, 5.74) is 7.27. The number of carbonyl (C=O) groups is 1. The van der Waals surface area contributed by atoms with Crippen LogP contribution in [-0.2, 0) is 4.79 Å². The summed E-state index contributed by atoms with van der Waals surface area (Å²) in [5, 5.41) is 0. The first-order valence-electron chi connectivity index (χ1n) is 5.38. The van der Waals surface area contributed by atoms with Crippen LogP contribution in [0.2, 0.25) is 0 Å². The van der Waals surface area contributed by atoms with E-state index in [4.69, 9.17) is 5.73 Å². The number of nitrogens with two attached hydrogens (primary N) is 1. The fraction of sp³-hybridized carbons (Fsp3) is 0.308. The Morgan fingerprint density at radius 2 is 2.19 bits per heavy atom. The Kier molecular flexibility index (Phi) is 3.11. The monoisotopic (exact) mass is 214 g/mol. The van der Waals surface area contributed by atoms with Crippen LogP contribution in [0, 0.1) is 11.8 Å². The molecule has 3 heteroatoms. The van der Waals surface area contributed by atoms with Crippen molar-refractivity contribution in [3.63, 3.8) is 0 Å². The molecule has 1 heterocycles. The van der Waals surface area contributed by atoms with E-state index in [0.717, 1.165) is 18.5 Å². The first-order chi connectivity index (χ1) is 7.77. The smallest absolute Gasteiger partial charge is 0.223 e. The molecule has 16 heavy (non-hydrogen) atoms. The third kappa shape index (κ3) is 2.34. The van der Waals surface area contributed by atoms with Gasteiger partial charge in [-0.25, -0.2) is 0 Å². The van der Waals surface area contributed by atoms with Crippen LogP contribution < -0.4 is 5.73 Å². The lowest BCUT2D eigenvalue weighted by Crippen LogP contribution is -2.24. The molecule has 0 spiro atoms. The van der Waals surface area contributed by atoms with Gasteiger partial charge >= 0.3 is 0 Å². The van der Waals surface area contributed by atoms with Crippen molar-refractivity contribution in [1.29, 1.82) is 0 Å². The minimum Gasteiger partial charge on any atom is -0.398 e. The van der Waals surface area contributed by atoms with Crippen LogP contribution in [0.1, 0.15) is 18.4 Å². The summed E-state index contributed by atoms with van der Waals surface area (Å²) in [6.45, 7) is 1.34. The van der Waals surface area contributed by atoms with Crippen molar-refractivity contribution in [1.82, 2.24) is 4.90 Å². The standard InChI is InChI=1S/C13H14N2O/c14-12-7-2-1-5-11(12)6-3-9-15-10-4-8-13(15)16/h1-2,5,7H,4,8-10,14H2. The molecule has 1 saturated heterocycles. The molecule has 0 aliphatic carbocycles. The van der Waals surface area contributed by atoms with E-state index in [1.807, 2.05) is 24.3 Å². The minimum atomic E-state index is 0.204. The van der Waals surface area contributed by atoms with Crippen molar-refractivity contribution in [3.8, 4) is 11.8 Å². The average molecular weight is 214 g/mol. The van der Waals surface area contributed by atoms with Crippen LogP contribution in [0.5, 0.6) is 0 Å². The molecule has 0 aromatic heterocycles. The van der Waals surface area contributed by atoms with Gasteiger partial charge in [0.25, 0.3) is 0 Å². The van der Waals surface area contributed by atoms with Crippen LogP contribution in [0.15, 0.2) is 24.3 Å². The Bertz CT molecular complexity index is 456. The Balaban J connectivity index is 2.00. The van der Waals surface area contributed by atoms with E-state index in [0.29, 0.717) is 18.7 Å². The maximum Gasteiger partial charge on any atom is 0.223 e. The highest BCUT2D eigenvalue weighted by atomic mass is 16.2. The van der Waals surface area contributed by atoms with Gasteiger partial charge in [0.2, 0.25) is 5.91 Å². The zero-order chi connectivity index (χ0) is 11.4. The van der Waals surface area contributed by atoms with Crippen LogP contribution in [0.3, 0.4) is 0 Å². The number of anilines is 1. The number of nitrogens with zero attached hydrogens (tertiary/aromatic N) is 1. The lowest BCUT2D eigenvalue weighted by molar-refractivity contribution is -0.127. The summed E-state index contributed by atoms with van der Waals surface area (Å²) in [6, 6.07) is 7.49. The van der Waals surface area contributed by atoms with Gasteiger partial charge < -0.3 is 10.6 Å². The normalized spacial score (nSPS) is 14.8. The highest BCUT2D eigenvalue weighted by molar-refractivity contribution is 5.78. The van der Waals surface area contributed by atoms with Crippen molar-refractivity contribution in [3.05, 3.63) is 29.8 Å². The zero-order valence-corrected chi connectivity index (χ0v) is 9.07. The number of amides is 1. The largest absolute Gasteiger partial charge is 0.398 e. The molecule has 1 aromatic carbocycles. The molecule has 2 N–H and O–H groups in total. The summed E-state index contributed by atoms with van der Waals surface area (Å²) in [6.07, 6.45) is 1.61. The molecule has 1 aliphatic rings. The molecule has 1 amide bonds. The molecule has 82 valence electrons. The molecule has 0 radical (unpaired) electrons. The van der Waals surface area contributed by atoms with E-state index in [2.05, 4.69) is 11.8 Å². The molecular formula is C13H14N2O. The molecule has 0 unspecified atom stereocenters. The number of nitrogen functional groups attached to an aromatic ring is 1. The summed E-state index contributed by atoms with van der Waals surface area (Å²) >= 11 is 0. The van der Waals surface area contributed by atoms with Gasteiger partial charge in [-0.05, 0) is 18.6 Å². The van der Waals surface area contributed by atoms with Crippen LogP contribution in [-0.4, -0.2) is 23.9 Å². The first-order valence-corrected chi connectivity index (χ1v) is 5.38. The van der Waals surface area contributed by atoms with Crippen molar-refractivity contribution < 1.29 is 4.79 Å². The molecule has 1 aromatic rings. The maximum atomic E-state index is 11.3. The first kappa shape index (κ1) is 10.6. The maximum absolute atomic E-state index is 11.3. The number of benzene rings is 1. The van der Waals surface area contributed by atoms with E-state index >= 15 is 0 Å². The van der Waals surface area contributed by atoms with Gasteiger partial charge in [-0.1, -0.05) is 24.0 Å². The lowest BCUT2D eigenvalue weighted by Gasteiger charge is -2.09. The van der Waals surface area contributed by atoms with E-state index in [1.165, 1.54) is 0 Å². The van der Waals surface area contributed by atoms with E-state index in [-0.39, 0.29) is 5.91 Å². The van der Waals surface area contributed by atoms with Gasteiger partial charge in [0, 0.05) is 24.2 Å². The number of hydrogen-bond donors (Lipinski definition) is 1. The zero-order valence-electron chi connectivity index (χ0n) is 9.07. The fourth-order valence-electron chi connectivity index (χ4n) is 1.71. The number of rotatable bonds is 1. The van der Waals surface area contributed by atoms with E-state index in [1.54, 1.807) is 4.90 Å². The van der Waals surface area contributed by atoms with E-state index < -0.39 is 0 Å². The second-order valence-electron chi connectivity index (χ2n) is 3.81. The second-order valence-corrected chi connectivity index (χ2v) is 3.81. The van der Waals surface area contributed by atoms with Crippen molar-refractivity contribution in [2.24, 2.45) is 0 Å². The summed E-state index contributed by atoms with van der Waals surface area (Å²) < 4.78 is 0. The Hall–Kier alpha value is -1.95. The Morgan fingerprint density at radius 3 is 2.88 bits per heavy atom. The molecule has 2 rings (SSSR count). The SMILES string of the molecule is Nc1ccccc1C#CCN1CCCC1=O. The van der Waals surface area contributed by atoms with Gasteiger partial charge in [-0.2, -0.15) is 0 Å². The number of hydrogen-bond acceptors (Lipinski definition) is 2. The highest BCUT2D eigenvalue weighted by Gasteiger charge is 2.18. The summed E-state index contributed by atoms with van der Waals surface area (Å²) in [7, 11) is 0. The van der Waals surface area contributed by atoms with Gasteiger partial charge in [0.1, 0.15) is 0 Å². The predicted octanol–water partition coefficient (Wildman–Crippen LogP) is 1.24. The van der Waals surface area contributed by atoms with Crippen LogP contribution >= 0.6 is 0 Å². The minimum absolute atomic E-state index is 0.204. The molecule has 0 saturated carbocycles. The lowest BCUT2D eigenvalue weighted by atomic mass is 10.2. The molecule has 1 aliphatic heterocycles. The number of para-hydroxylation sites is 1. The third-order valence-electron chi connectivity index (χ3n) is 2.63. The molecule has 0 bridgehead atoms. The summed E-state index contributed by atoms with van der Waals surface area (Å²) in [4.78, 5) is 13.1. The van der Waals surface area contributed by atoms with Gasteiger partial charge in [-0.3, -0.25) is 4.79 Å². The molecule has 0 atom stereocenters. The Labute approximate surface area is 95.2 Å². The van der Waals surface area contributed by atoms with Crippen molar-refractivity contribution in [2.75, 3.05) is 18.8 Å². The molecule has 3 nitrogen and oxygen atoms in total. The number of likely N-dealkylation sites (tertiary alicyclic amines) is 1. The summed E-state index contributed by atoms with van der Waals surface area (Å²) in [5.74, 6) is 6.19. The van der Waals surface area contributed by atoms with Crippen molar-refractivity contribution in [2.45, 2.75) is 12.8 Å². The number of carbonyl (C=O) groups excluding carboxylic acids is 1. The van der Waals surface area contributed by atoms with Gasteiger partial charge in [-0.15, -0.1) is 0 Å². The average Bonchev–Trinajstić information content (AvgIpc) is 2.67. The Morgan fingerprint density at radius 1 is 1.38 bits per heavy atom. The van der Waals surface area contributed by atoms with Gasteiger partial charge in [0.15, 0.2) is 0 Å². The quantitative estimate of drug-likeness (QED) is 0.565. The van der Waals surface area contributed by atoms with Crippen molar-refractivity contribution >= 4 is 11.6 Å². The highest BCUT2D eigenvalue weighted by Crippen LogP contribution is 2.09. The molecule has 1 fully saturated rings.